The van der Waals surface area contributed by atoms with Gasteiger partial charge in [0.25, 0.3) is 5.76 Å². The van der Waals surface area contributed by atoms with Crippen LogP contribution in [0.3, 0.4) is 0 Å². The number of carbonyl (C=O) groups is 1. The fourth-order valence-corrected chi connectivity index (χ4v) is 1.90. The van der Waals surface area contributed by atoms with Gasteiger partial charge < -0.3 is 11.1 Å². The van der Waals surface area contributed by atoms with Crippen molar-refractivity contribution in [3.63, 3.8) is 0 Å². The molecule has 1 aromatic rings. The SMILES string of the molecule is CCC[C@@H](N)C(=O)Nc1ccc(SC(F)F)cc1. The number of carbonyl (C=O) groups excluding carboxylic acids is 1. The summed E-state index contributed by atoms with van der Waals surface area (Å²) in [6.07, 6.45) is 1.45. The number of amides is 1. The molecule has 0 aliphatic rings. The van der Waals surface area contributed by atoms with Crippen molar-refractivity contribution >= 4 is 23.4 Å². The monoisotopic (exact) mass is 274 g/mol. The molecule has 0 unspecified atom stereocenters. The molecule has 0 saturated carbocycles. The fourth-order valence-electron chi connectivity index (χ4n) is 1.40. The van der Waals surface area contributed by atoms with Gasteiger partial charge >= 0.3 is 0 Å². The zero-order chi connectivity index (χ0) is 13.5. The Balaban J connectivity index is 2.55. The first kappa shape index (κ1) is 14.9. The largest absolute Gasteiger partial charge is 0.325 e. The number of nitrogens with one attached hydrogen (secondary N) is 1. The van der Waals surface area contributed by atoms with E-state index < -0.39 is 11.8 Å². The van der Waals surface area contributed by atoms with Crippen LogP contribution < -0.4 is 11.1 Å². The number of anilines is 1. The Morgan fingerprint density at radius 2 is 2.00 bits per heavy atom. The second-order valence-corrected chi connectivity index (χ2v) is 4.85. The summed E-state index contributed by atoms with van der Waals surface area (Å²) in [5.41, 5.74) is 6.22. The van der Waals surface area contributed by atoms with Crippen LogP contribution in [0.15, 0.2) is 29.2 Å². The predicted octanol–water partition coefficient (Wildman–Crippen LogP) is 3.07. The average molecular weight is 274 g/mol. The zero-order valence-corrected chi connectivity index (χ0v) is 10.8. The topological polar surface area (TPSA) is 55.1 Å². The highest BCUT2D eigenvalue weighted by atomic mass is 32.2. The Labute approximate surface area is 109 Å². The van der Waals surface area contributed by atoms with Gasteiger partial charge in [-0.15, -0.1) is 0 Å². The van der Waals surface area contributed by atoms with Crippen molar-refractivity contribution in [1.29, 1.82) is 0 Å². The van der Waals surface area contributed by atoms with E-state index in [1.807, 2.05) is 6.92 Å². The molecule has 6 heteroatoms. The molecular formula is C12H16F2N2OS. The van der Waals surface area contributed by atoms with Gasteiger partial charge in [-0.2, -0.15) is 8.78 Å². The van der Waals surface area contributed by atoms with Crippen LogP contribution in [0.4, 0.5) is 14.5 Å². The van der Waals surface area contributed by atoms with Crippen molar-refractivity contribution < 1.29 is 13.6 Å². The van der Waals surface area contributed by atoms with Crippen molar-refractivity contribution in [1.82, 2.24) is 0 Å². The van der Waals surface area contributed by atoms with E-state index in [0.717, 1.165) is 6.42 Å². The maximum atomic E-state index is 12.1. The first-order valence-corrected chi connectivity index (χ1v) is 6.52. The van der Waals surface area contributed by atoms with Crippen LogP contribution in [0.2, 0.25) is 0 Å². The number of thioether (sulfide) groups is 1. The zero-order valence-electron chi connectivity index (χ0n) is 10.0. The number of nitrogens with two attached hydrogens (primary N) is 1. The predicted molar refractivity (Wildman–Crippen MR) is 69.8 cm³/mol. The van der Waals surface area contributed by atoms with E-state index in [-0.39, 0.29) is 5.91 Å². The summed E-state index contributed by atoms with van der Waals surface area (Å²) >= 11 is 0.470. The molecule has 0 radical (unpaired) electrons. The molecule has 0 fully saturated rings. The summed E-state index contributed by atoms with van der Waals surface area (Å²) in [5, 5.41) is 2.65. The van der Waals surface area contributed by atoms with Gasteiger partial charge in [0, 0.05) is 10.6 Å². The van der Waals surface area contributed by atoms with E-state index in [4.69, 9.17) is 5.73 Å². The molecule has 0 bridgehead atoms. The van der Waals surface area contributed by atoms with Gasteiger partial charge in [-0.25, -0.2) is 0 Å². The van der Waals surface area contributed by atoms with Crippen LogP contribution in [0.5, 0.6) is 0 Å². The normalized spacial score (nSPS) is 12.5. The smallest absolute Gasteiger partial charge is 0.288 e. The Morgan fingerprint density at radius 1 is 1.39 bits per heavy atom. The number of benzene rings is 1. The maximum absolute atomic E-state index is 12.1. The van der Waals surface area contributed by atoms with E-state index in [2.05, 4.69) is 5.32 Å². The third-order valence-electron chi connectivity index (χ3n) is 2.28. The molecule has 0 heterocycles. The van der Waals surface area contributed by atoms with Crippen molar-refractivity contribution in [2.24, 2.45) is 5.73 Å². The minimum Gasteiger partial charge on any atom is -0.325 e. The highest BCUT2D eigenvalue weighted by Gasteiger charge is 2.12. The molecule has 100 valence electrons. The van der Waals surface area contributed by atoms with Crippen LogP contribution in [-0.4, -0.2) is 17.7 Å². The first-order chi connectivity index (χ1) is 8.52. The number of halogens is 2. The lowest BCUT2D eigenvalue weighted by atomic mass is 10.1. The van der Waals surface area contributed by atoms with E-state index in [0.29, 0.717) is 28.8 Å². The molecule has 3 N–H and O–H groups in total. The van der Waals surface area contributed by atoms with E-state index >= 15 is 0 Å². The average Bonchev–Trinajstić information content (AvgIpc) is 2.31. The van der Waals surface area contributed by atoms with Crippen LogP contribution in [-0.2, 0) is 4.79 Å². The van der Waals surface area contributed by atoms with Crippen molar-refractivity contribution in [3.05, 3.63) is 24.3 Å². The molecule has 0 aliphatic heterocycles. The van der Waals surface area contributed by atoms with Gasteiger partial charge in [0.05, 0.1) is 6.04 Å². The minimum atomic E-state index is -2.44. The van der Waals surface area contributed by atoms with Crippen LogP contribution in [0, 0.1) is 0 Å². The highest BCUT2D eigenvalue weighted by Crippen LogP contribution is 2.26. The second-order valence-electron chi connectivity index (χ2n) is 3.79. The summed E-state index contributed by atoms with van der Waals surface area (Å²) in [5.74, 6) is -2.70. The van der Waals surface area contributed by atoms with Crippen LogP contribution in [0.25, 0.3) is 0 Å². The Morgan fingerprint density at radius 3 is 2.50 bits per heavy atom. The molecule has 0 aromatic heterocycles. The summed E-state index contributed by atoms with van der Waals surface area (Å²) in [6.45, 7) is 1.95. The van der Waals surface area contributed by atoms with E-state index in [1.165, 1.54) is 12.1 Å². The molecular weight excluding hydrogens is 258 g/mol. The first-order valence-electron chi connectivity index (χ1n) is 5.64. The van der Waals surface area contributed by atoms with Crippen LogP contribution >= 0.6 is 11.8 Å². The van der Waals surface area contributed by atoms with E-state index in [9.17, 15) is 13.6 Å². The van der Waals surface area contributed by atoms with Gasteiger partial charge in [-0.1, -0.05) is 25.1 Å². The number of rotatable bonds is 6. The molecule has 1 amide bonds. The summed E-state index contributed by atoms with van der Waals surface area (Å²) in [7, 11) is 0. The van der Waals surface area contributed by atoms with Crippen molar-refractivity contribution in [2.75, 3.05) is 5.32 Å². The summed E-state index contributed by atoms with van der Waals surface area (Å²) in [4.78, 5) is 12.1. The molecule has 0 saturated heterocycles. The summed E-state index contributed by atoms with van der Waals surface area (Å²) in [6, 6.07) is 5.71. The lowest BCUT2D eigenvalue weighted by Crippen LogP contribution is -2.35. The highest BCUT2D eigenvalue weighted by molar-refractivity contribution is 7.99. The third-order valence-corrected chi connectivity index (χ3v) is 3.01. The number of alkyl halides is 2. The molecule has 18 heavy (non-hydrogen) atoms. The van der Waals surface area contributed by atoms with Gasteiger partial charge in [0.2, 0.25) is 5.91 Å². The molecule has 0 aliphatic carbocycles. The fraction of sp³-hybridized carbons (Fsp3) is 0.417. The summed E-state index contributed by atoms with van der Waals surface area (Å²) < 4.78 is 24.2. The third kappa shape index (κ3) is 5.01. The quantitative estimate of drug-likeness (QED) is 0.784. The molecule has 0 spiro atoms. The molecule has 1 rings (SSSR count). The Bertz CT molecular complexity index is 384. The number of hydrogen-bond donors (Lipinski definition) is 2. The molecule has 1 aromatic carbocycles. The number of hydrogen-bond acceptors (Lipinski definition) is 3. The van der Waals surface area contributed by atoms with Gasteiger partial charge in [0.15, 0.2) is 0 Å². The van der Waals surface area contributed by atoms with Gasteiger partial charge in [-0.05, 0) is 30.7 Å². The molecule has 1 atom stereocenters. The van der Waals surface area contributed by atoms with Crippen LogP contribution in [0.1, 0.15) is 19.8 Å². The lowest BCUT2D eigenvalue weighted by Gasteiger charge is -2.11. The van der Waals surface area contributed by atoms with Crippen molar-refractivity contribution in [2.45, 2.75) is 36.5 Å². The Hall–Kier alpha value is -1.14. The second kappa shape index (κ2) is 7.33. The molecule has 3 nitrogen and oxygen atoms in total. The van der Waals surface area contributed by atoms with E-state index in [1.54, 1.807) is 12.1 Å². The van der Waals surface area contributed by atoms with Gasteiger partial charge in [-0.3, -0.25) is 4.79 Å². The maximum Gasteiger partial charge on any atom is 0.288 e. The standard InChI is InChI=1S/C12H16F2N2OS/c1-2-3-10(15)11(17)16-8-4-6-9(7-5-8)18-12(13)14/h4-7,10,12H,2-3,15H2,1H3,(H,16,17)/t10-/m1/s1. The Kier molecular flexibility index (Phi) is 6.07. The van der Waals surface area contributed by atoms with Gasteiger partial charge in [0.1, 0.15) is 0 Å². The lowest BCUT2D eigenvalue weighted by molar-refractivity contribution is -0.117. The van der Waals surface area contributed by atoms with Crippen molar-refractivity contribution in [3.8, 4) is 0 Å². The minimum absolute atomic E-state index is 0.258.